The van der Waals surface area contributed by atoms with Crippen LogP contribution in [0.3, 0.4) is 0 Å². The predicted octanol–water partition coefficient (Wildman–Crippen LogP) is 2.47. The maximum Gasteiger partial charge on any atom is 0.260 e. The first-order valence-electron chi connectivity index (χ1n) is 7.50. The average molecular weight is 308 g/mol. The summed E-state index contributed by atoms with van der Waals surface area (Å²) >= 11 is 0. The topological polar surface area (TPSA) is 59.7 Å². The molecule has 0 aliphatic carbocycles. The van der Waals surface area contributed by atoms with Gasteiger partial charge in [0.25, 0.3) is 5.91 Å². The Morgan fingerprint density at radius 1 is 1.30 bits per heavy atom. The maximum atomic E-state index is 13.0. The van der Waals surface area contributed by atoms with Crippen LogP contribution >= 0.6 is 0 Å². The van der Waals surface area contributed by atoms with Gasteiger partial charge in [0, 0.05) is 6.20 Å². The fraction of sp³-hybridized carbons (Fsp3) is 0.235. The van der Waals surface area contributed by atoms with Crippen LogP contribution in [0.15, 0.2) is 42.9 Å². The van der Waals surface area contributed by atoms with E-state index in [1.807, 2.05) is 32.0 Å². The Balaban J connectivity index is 1.77. The van der Waals surface area contributed by atoms with Crippen LogP contribution in [-0.4, -0.2) is 33.2 Å². The van der Waals surface area contributed by atoms with E-state index in [-0.39, 0.29) is 12.0 Å². The third kappa shape index (κ3) is 2.32. The van der Waals surface area contributed by atoms with Crippen molar-refractivity contribution in [3.8, 4) is 5.75 Å². The van der Waals surface area contributed by atoms with Crippen LogP contribution in [0.5, 0.6) is 5.75 Å². The number of rotatable bonds is 1. The molecule has 0 saturated heterocycles. The van der Waals surface area contributed by atoms with Gasteiger partial charge < -0.3 is 9.64 Å². The minimum Gasteiger partial charge on any atom is -0.487 e. The summed E-state index contributed by atoms with van der Waals surface area (Å²) in [5.74, 6) is 0.690. The van der Waals surface area contributed by atoms with Gasteiger partial charge in [0.05, 0.1) is 17.8 Å². The molecule has 0 radical (unpaired) electrons. The number of ether oxygens (including phenoxy) is 1. The van der Waals surface area contributed by atoms with Crippen LogP contribution in [0.2, 0.25) is 0 Å². The van der Waals surface area contributed by atoms with Crippen LogP contribution in [-0.2, 0) is 0 Å². The number of carbonyl (C=O) groups excluding carboxylic acids is 1. The molecular formula is C17H16N4O2. The lowest BCUT2D eigenvalue weighted by Gasteiger charge is -2.33. The molecule has 6 heteroatoms. The van der Waals surface area contributed by atoms with E-state index in [0.717, 1.165) is 17.0 Å². The minimum absolute atomic E-state index is 0.0483. The molecule has 2 aromatic heterocycles. The second-order valence-corrected chi connectivity index (χ2v) is 5.83. The van der Waals surface area contributed by atoms with Crippen molar-refractivity contribution in [3.05, 3.63) is 54.0 Å². The summed E-state index contributed by atoms with van der Waals surface area (Å²) in [6, 6.07) is 9.46. The van der Waals surface area contributed by atoms with Gasteiger partial charge in [-0.3, -0.25) is 9.20 Å². The van der Waals surface area contributed by atoms with E-state index in [4.69, 9.17) is 4.74 Å². The lowest BCUT2D eigenvalue weighted by Crippen LogP contribution is -2.42. The molecule has 0 spiro atoms. The molecule has 23 heavy (non-hydrogen) atoms. The van der Waals surface area contributed by atoms with E-state index in [0.29, 0.717) is 17.8 Å². The minimum atomic E-state index is -0.0531. The quantitative estimate of drug-likeness (QED) is 0.693. The van der Waals surface area contributed by atoms with Gasteiger partial charge in [0.1, 0.15) is 18.2 Å². The third-order valence-electron chi connectivity index (χ3n) is 3.96. The smallest absolute Gasteiger partial charge is 0.260 e. The Bertz CT molecular complexity index is 902. The molecular weight excluding hydrogens is 292 g/mol. The molecule has 0 saturated carbocycles. The van der Waals surface area contributed by atoms with Gasteiger partial charge in [0.15, 0.2) is 5.65 Å². The predicted molar refractivity (Wildman–Crippen MR) is 85.9 cm³/mol. The highest BCUT2D eigenvalue weighted by Gasteiger charge is 2.28. The van der Waals surface area contributed by atoms with E-state index in [1.54, 1.807) is 34.0 Å². The van der Waals surface area contributed by atoms with Gasteiger partial charge in [-0.2, -0.15) is 0 Å². The molecule has 0 fully saturated rings. The summed E-state index contributed by atoms with van der Waals surface area (Å²) in [5.41, 5.74) is 3.22. The fourth-order valence-electron chi connectivity index (χ4n) is 2.85. The number of hydrogen-bond donors (Lipinski definition) is 0. The van der Waals surface area contributed by atoms with Gasteiger partial charge in [-0.1, -0.05) is 6.07 Å². The van der Waals surface area contributed by atoms with Crippen molar-refractivity contribution >= 4 is 17.2 Å². The molecule has 1 aliphatic heterocycles. The number of amides is 1. The number of aryl methyl sites for hydroxylation is 1. The number of fused-ring (bicyclic) bond motifs is 2. The Hall–Kier alpha value is -2.89. The summed E-state index contributed by atoms with van der Waals surface area (Å²) in [6.45, 7) is 4.49. The van der Waals surface area contributed by atoms with Gasteiger partial charge >= 0.3 is 0 Å². The fourth-order valence-corrected chi connectivity index (χ4v) is 2.85. The van der Waals surface area contributed by atoms with Crippen LogP contribution in [0, 0.1) is 6.92 Å². The van der Waals surface area contributed by atoms with E-state index in [1.165, 1.54) is 0 Å². The number of carbonyl (C=O) groups is 1. The van der Waals surface area contributed by atoms with Crippen molar-refractivity contribution in [3.63, 3.8) is 0 Å². The third-order valence-corrected chi connectivity index (χ3v) is 3.96. The molecule has 0 bridgehead atoms. The molecule has 6 nitrogen and oxygen atoms in total. The lowest BCUT2D eigenvalue weighted by atomic mass is 10.1. The molecule has 1 aromatic carbocycles. The zero-order chi connectivity index (χ0) is 16.0. The van der Waals surface area contributed by atoms with E-state index >= 15 is 0 Å². The second-order valence-electron chi connectivity index (χ2n) is 5.83. The first kappa shape index (κ1) is 13.8. The van der Waals surface area contributed by atoms with Crippen molar-refractivity contribution in [2.75, 3.05) is 11.4 Å². The van der Waals surface area contributed by atoms with Crippen LogP contribution in [0.1, 0.15) is 22.8 Å². The van der Waals surface area contributed by atoms with Crippen LogP contribution < -0.4 is 9.64 Å². The molecule has 3 heterocycles. The first-order chi connectivity index (χ1) is 11.1. The number of aromatic nitrogens is 3. The highest BCUT2D eigenvalue weighted by atomic mass is 16.5. The Morgan fingerprint density at radius 2 is 2.17 bits per heavy atom. The molecule has 0 N–H and O–H groups in total. The van der Waals surface area contributed by atoms with Gasteiger partial charge in [-0.05, 0) is 43.7 Å². The van der Waals surface area contributed by atoms with Gasteiger partial charge in [-0.25, -0.2) is 0 Å². The van der Waals surface area contributed by atoms with E-state index in [2.05, 4.69) is 10.2 Å². The van der Waals surface area contributed by atoms with Gasteiger partial charge in [0.2, 0.25) is 0 Å². The number of pyridine rings is 1. The van der Waals surface area contributed by atoms with Gasteiger partial charge in [-0.15, -0.1) is 10.2 Å². The monoisotopic (exact) mass is 308 g/mol. The first-order valence-corrected chi connectivity index (χ1v) is 7.50. The maximum absolute atomic E-state index is 13.0. The zero-order valence-electron chi connectivity index (χ0n) is 12.9. The zero-order valence-corrected chi connectivity index (χ0v) is 12.9. The summed E-state index contributed by atoms with van der Waals surface area (Å²) in [5, 5.41) is 7.80. The standard InChI is InChI=1S/C17H16N4O2/c1-11-3-5-15-14(7-11)21(8-12(2)23-15)17(22)13-4-6-16-19-18-10-20(16)9-13/h3-7,9-10,12H,8H2,1-2H3/t12-/m1/s1. The molecule has 3 aromatic rings. The summed E-state index contributed by atoms with van der Waals surface area (Å²) in [6.07, 6.45) is 3.30. The highest BCUT2D eigenvalue weighted by Crippen LogP contribution is 2.35. The van der Waals surface area contributed by atoms with E-state index < -0.39 is 0 Å². The molecule has 1 aliphatic rings. The average Bonchev–Trinajstić information content (AvgIpc) is 3.01. The number of benzene rings is 1. The molecule has 0 unspecified atom stereocenters. The van der Waals surface area contributed by atoms with Crippen molar-refractivity contribution in [2.45, 2.75) is 20.0 Å². The Morgan fingerprint density at radius 3 is 3.04 bits per heavy atom. The lowest BCUT2D eigenvalue weighted by molar-refractivity contribution is 0.0960. The van der Waals surface area contributed by atoms with Crippen molar-refractivity contribution < 1.29 is 9.53 Å². The highest BCUT2D eigenvalue weighted by molar-refractivity contribution is 6.07. The van der Waals surface area contributed by atoms with Crippen molar-refractivity contribution in [1.82, 2.24) is 14.6 Å². The normalized spacial score (nSPS) is 17.0. The SMILES string of the molecule is Cc1ccc2c(c1)N(C(=O)c1ccc3nncn3c1)C[C@@H](C)O2. The molecule has 4 rings (SSSR count). The summed E-state index contributed by atoms with van der Waals surface area (Å²) < 4.78 is 7.59. The molecule has 1 atom stereocenters. The number of hydrogen-bond acceptors (Lipinski definition) is 4. The van der Waals surface area contributed by atoms with Crippen LogP contribution in [0.25, 0.3) is 5.65 Å². The number of anilines is 1. The van der Waals surface area contributed by atoms with E-state index in [9.17, 15) is 4.79 Å². The second kappa shape index (κ2) is 5.08. The molecule has 116 valence electrons. The Kier molecular flexibility index (Phi) is 3.04. The van der Waals surface area contributed by atoms with Crippen molar-refractivity contribution in [1.29, 1.82) is 0 Å². The van der Waals surface area contributed by atoms with Crippen LogP contribution in [0.4, 0.5) is 5.69 Å². The summed E-state index contributed by atoms with van der Waals surface area (Å²) in [4.78, 5) is 14.8. The Labute approximate surface area is 133 Å². The largest absolute Gasteiger partial charge is 0.487 e. The number of nitrogens with zero attached hydrogens (tertiary/aromatic N) is 4. The molecule has 1 amide bonds. The summed E-state index contributed by atoms with van der Waals surface area (Å²) in [7, 11) is 0. The van der Waals surface area contributed by atoms with Crippen molar-refractivity contribution in [2.24, 2.45) is 0 Å².